The van der Waals surface area contributed by atoms with E-state index in [0.717, 1.165) is 44.8 Å². The Morgan fingerprint density at radius 2 is 2.04 bits per heavy atom. The Labute approximate surface area is 143 Å². The summed E-state index contributed by atoms with van der Waals surface area (Å²) in [5, 5.41) is 13.2. The van der Waals surface area contributed by atoms with Gasteiger partial charge in [-0.15, -0.1) is 0 Å². The number of carbonyl (C=O) groups excluding carboxylic acids is 1. The van der Waals surface area contributed by atoms with E-state index >= 15 is 0 Å². The van der Waals surface area contributed by atoms with E-state index in [-0.39, 0.29) is 11.8 Å². The van der Waals surface area contributed by atoms with Gasteiger partial charge in [-0.1, -0.05) is 13.8 Å². The van der Waals surface area contributed by atoms with Crippen LogP contribution in [0.25, 0.3) is 0 Å². The van der Waals surface area contributed by atoms with Crippen molar-refractivity contribution in [1.29, 1.82) is 0 Å². The second-order valence-electron chi connectivity index (χ2n) is 7.48. The van der Waals surface area contributed by atoms with E-state index < -0.39 is 6.10 Å². The minimum Gasteiger partial charge on any atom is -0.386 e. The van der Waals surface area contributed by atoms with Crippen LogP contribution in [0, 0.1) is 11.3 Å². The molecule has 1 unspecified atom stereocenters. The predicted octanol–water partition coefficient (Wildman–Crippen LogP) is 2.35. The summed E-state index contributed by atoms with van der Waals surface area (Å²) in [6.45, 7) is 9.05. The van der Waals surface area contributed by atoms with Crippen LogP contribution in [0.5, 0.6) is 0 Å². The summed E-state index contributed by atoms with van der Waals surface area (Å²) in [5.41, 5.74) is 2.52. The number of ether oxygens (including phenoxy) is 1. The molecule has 3 rings (SSSR count). The number of piperidine rings is 1. The molecule has 1 atom stereocenters. The molecule has 2 aliphatic heterocycles. The molecule has 1 aromatic heterocycles. The molecule has 6 nitrogen and oxygen atoms in total. The van der Waals surface area contributed by atoms with Crippen molar-refractivity contribution in [3.63, 3.8) is 0 Å². The normalized spacial score (nSPS) is 20.8. The molecule has 0 aromatic carbocycles. The molecule has 2 fully saturated rings. The maximum atomic E-state index is 11.5. The van der Waals surface area contributed by atoms with E-state index in [1.165, 1.54) is 6.92 Å². The van der Waals surface area contributed by atoms with Gasteiger partial charge in [0, 0.05) is 25.4 Å². The molecule has 1 spiro atoms. The van der Waals surface area contributed by atoms with Crippen molar-refractivity contribution >= 4 is 17.3 Å². The van der Waals surface area contributed by atoms with E-state index in [2.05, 4.69) is 15.2 Å². The van der Waals surface area contributed by atoms with Gasteiger partial charge in [-0.3, -0.25) is 9.78 Å². The van der Waals surface area contributed by atoms with E-state index in [4.69, 9.17) is 4.74 Å². The van der Waals surface area contributed by atoms with Gasteiger partial charge in [0.25, 0.3) is 0 Å². The van der Waals surface area contributed by atoms with Crippen LogP contribution < -0.4 is 10.2 Å². The van der Waals surface area contributed by atoms with Crippen molar-refractivity contribution in [2.45, 2.75) is 39.7 Å². The maximum absolute atomic E-state index is 11.5. The molecule has 1 amide bonds. The molecule has 2 N–H and O–H groups in total. The zero-order chi connectivity index (χ0) is 17.3. The lowest BCUT2D eigenvalue weighted by Crippen LogP contribution is -2.51. The molecule has 0 aliphatic carbocycles. The third-order valence-corrected chi connectivity index (χ3v) is 5.13. The number of nitrogens with zero attached hydrogens (tertiary/aromatic N) is 2. The highest BCUT2D eigenvalue weighted by atomic mass is 16.5. The third kappa shape index (κ3) is 3.39. The number of anilines is 2. The predicted molar refractivity (Wildman–Crippen MR) is 93.0 cm³/mol. The highest BCUT2D eigenvalue weighted by Gasteiger charge is 2.41. The molecule has 6 heteroatoms. The monoisotopic (exact) mass is 333 g/mol. The lowest BCUT2D eigenvalue weighted by Gasteiger charge is -2.47. The number of amides is 1. The van der Waals surface area contributed by atoms with Crippen LogP contribution in [-0.2, 0) is 9.53 Å². The maximum Gasteiger partial charge on any atom is 0.221 e. The molecule has 1 aromatic rings. The van der Waals surface area contributed by atoms with Crippen molar-refractivity contribution in [1.82, 2.24) is 4.98 Å². The number of nitrogens with one attached hydrogen (secondary N) is 1. The Morgan fingerprint density at radius 3 is 2.54 bits per heavy atom. The number of hydrogen-bond acceptors (Lipinski definition) is 5. The van der Waals surface area contributed by atoms with E-state index in [9.17, 15) is 9.90 Å². The molecule has 0 radical (unpaired) electrons. The van der Waals surface area contributed by atoms with Crippen molar-refractivity contribution in [3.8, 4) is 0 Å². The van der Waals surface area contributed by atoms with Crippen LogP contribution in [0.2, 0.25) is 0 Å². The first kappa shape index (κ1) is 17.2. The standard InChI is InChI=1S/C18H27N3O3/c1-12(2)17(23)16-15(20-13(3)22)8-14(9-19-16)21-6-4-18(5-7-21)10-24-11-18/h8-9,12,17,23H,4-7,10-11H2,1-3H3,(H,20,22). The highest BCUT2D eigenvalue weighted by molar-refractivity contribution is 5.90. The minimum atomic E-state index is -0.697. The number of pyridine rings is 1. The van der Waals surface area contributed by atoms with Crippen LogP contribution in [0.4, 0.5) is 11.4 Å². The molecule has 0 saturated carbocycles. The Balaban J connectivity index is 1.80. The highest BCUT2D eigenvalue weighted by Crippen LogP contribution is 2.40. The van der Waals surface area contributed by atoms with Gasteiger partial charge in [-0.05, 0) is 24.8 Å². The fourth-order valence-electron chi connectivity index (χ4n) is 3.40. The summed E-state index contributed by atoms with van der Waals surface area (Å²) in [5.74, 6) is -0.125. The second kappa shape index (κ2) is 6.69. The first-order chi connectivity index (χ1) is 11.4. The van der Waals surface area contributed by atoms with Crippen molar-refractivity contribution in [2.75, 3.05) is 36.5 Å². The van der Waals surface area contributed by atoms with E-state index in [1.807, 2.05) is 26.1 Å². The van der Waals surface area contributed by atoms with Gasteiger partial charge < -0.3 is 20.1 Å². The molecule has 3 heterocycles. The summed E-state index contributed by atoms with van der Waals surface area (Å²) in [7, 11) is 0. The zero-order valence-corrected chi connectivity index (χ0v) is 14.7. The van der Waals surface area contributed by atoms with Crippen LogP contribution in [0.3, 0.4) is 0 Å². The Kier molecular flexibility index (Phi) is 4.78. The third-order valence-electron chi connectivity index (χ3n) is 5.13. The van der Waals surface area contributed by atoms with Crippen LogP contribution in [0.1, 0.15) is 45.4 Å². The van der Waals surface area contributed by atoms with Crippen molar-refractivity contribution < 1.29 is 14.6 Å². The average molecular weight is 333 g/mol. The number of rotatable bonds is 4. The van der Waals surface area contributed by atoms with Gasteiger partial charge in [0.2, 0.25) is 5.91 Å². The Hall–Kier alpha value is -1.66. The van der Waals surface area contributed by atoms with Gasteiger partial charge in [-0.2, -0.15) is 0 Å². The van der Waals surface area contributed by atoms with Crippen LogP contribution >= 0.6 is 0 Å². The fraction of sp³-hybridized carbons (Fsp3) is 0.667. The van der Waals surface area contributed by atoms with Crippen molar-refractivity contribution in [3.05, 3.63) is 18.0 Å². The number of aliphatic hydroxyl groups excluding tert-OH is 1. The summed E-state index contributed by atoms with van der Waals surface area (Å²) in [6.07, 6.45) is 3.36. The summed E-state index contributed by atoms with van der Waals surface area (Å²) >= 11 is 0. The summed E-state index contributed by atoms with van der Waals surface area (Å²) < 4.78 is 5.38. The van der Waals surface area contributed by atoms with Gasteiger partial charge in [0.15, 0.2) is 0 Å². The quantitative estimate of drug-likeness (QED) is 0.885. The summed E-state index contributed by atoms with van der Waals surface area (Å²) in [4.78, 5) is 18.3. The van der Waals surface area contributed by atoms with Gasteiger partial charge in [-0.25, -0.2) is 0 Å². The van der Waals surface area contributed by atoms with Gasteiger partial charge in [0.05, 0.1) is 36.5 Å². The summed E-state index contributed by atoms with van der Waals surface area (Å²) in [6, 6.07) is 1.94. The number of aromatic nitrogens is 1. The Bertz CT molecular complexity index is 604. The molecular weight excluding hydrogens is 306 g/mol. The fourth-order valence-corrected chi connectivity index (χ4v) is 3.40. The molecule has 2 saturated heterocycles. The largest absolute Gasteiger partial charge is 0.386 e. The van der Waals surface area contributed by atoms with E-state index in [0.29, 0.717) is 16.8 Å². The second-order valence-corrected chi connectivity index (χ2v) is 7.48. The molecular formula is C18H27N3O3. The molecule has 0 bridgehead atoms. The zero-order valence-electron chi connectivity index (χ0n) is 14.7. The average Bonchev–Trinajstić information content (AvgIpc) is 2.52. The SMILES string of the molecule is CC(=O)Nc1cc(N2CCC3(CC2)COC3)cnc1C(O)C(C)C. The van der Waals surface area contributed by atoms with Gasteiger partial charge in [0.1, 0.15) is 6.10 Å². The first-order valence-corrected chi connectivity index (χ1v) is 8.68. The van der Waals surface area contributed by atoms with E-state index in [1.54, 1.807) is 0 Å². The first-order valence-electron chi connectivity index (χ1n) is 8.68. The molecule has 24 heavy (non-hydrogen) atoms. The molecule has 2 aliphatic rings. The number of carbonyl (C=O) groups is 1. The van der Waals surface area contributed by atoms with Crippen LogP contribution in [-0.4, -0.2) is 42.3 Å². The Morgan fingerprint density at radius 1 is 1.38 bits per heavy atom. The topological polar surface area (TPSA) is 74.7 Å². The number of hydrogen-bond donors (Lipinski definition) is 2. The minimum absolute atomic E-state index is 0.0318. The lowest BCUT2D eigenvalue weighted by atomic mass is 9.77. The van der Waals surface area contributed by atoms with Crippen molar-refractivity contribution in [2.24, 2.45) is 11.3 Å². The lowest BCUT2D eigenvalue weighted by molar-refractivity contribution is -0.124. The van der Waals surface area contributed by atoms with Crippen LogP contribution in [0.15, 0.2) is 12.3 Å². The number of aliphatic hydroxyl groups is 1. The smallest absolute Gasteiger partial charge is 0.221 e. The van der Waals surface area contributed by atoms with Gasteiger partial charge >= 0.3 is 0 Å². The molecule has 132 valence electrons.